The number of aromatic nitrogens is 2. The smallest absolute Gasteiger partial charge is 0.0534 e. The van der Waals surface area contributed by atoms with Crippen LogP contribution < -0.4 is 0 Å². The second kappa shape index (κ2) is 5.98. The van der Waals surface area contributed by atoms with Gasteiger partial charge in [-0.05, 0) is 23.6 Å². The lowest BCUT2D eigenvalue weighted by atomic mass is 9.91. The Bertz CT molecular complexity index is 577. The summed E-state index contributed by atoms with van der Waals surface area (Å²) in [5, 5.41) is 5.31. The highest BCUT2D eigenvalue weighted by molar-refractivity contribution is 6.31. The van der Waals surface area contributed by atoms with Gasteiger partial charge in [0.1, 0.15) is 0 Å². The second-order valence-corrected chi connectivity index (χ2v) is 5.79. The number of hydrogen-bond donors (Lipinski definition) is 0. The van der Waals surface area contributed by atoms with Crippen molar-refractivity contribution in [1.29, 1.82) is 0 Å². The van der Waals surface area contributed by atoms with E-state index in [9.17, 15) is 0 Å². The van der Waals surface area contributed by atoms with Gasteiger partial charge in [0.15, 0.2) is 0 Å². The third-order valence-corrected chi connectivity index (χ3v) is 4.24. The Labute approximate surface area is 124 Å². The van der Waals surface area contributed by atoms with Crippen molar-refractivity contribution < 1.29 is 4.74 Å². The van der Waals surface area contributed by atoms with Gasteiger partial charge in [-0.3, -0.25) is 4.68 Å². The highest BCUT2D eigenvalue weighted by atomic mass is 35.5. The average Bonchev–Trinajstić information content (AvgIpc) is 2.86. The van der Waals surface area contributed by atoms with Crippen LogP contribution in [0.3, 0.4) is 0 Å². The van der Waals surface area contributed by atoms with Gasteiger partial charge < -0.3 is 4.74 Å². The van der Waals surface area contributed by atoms with Crippen molar-refractivity contribution in [1.82, 2.24) is 9.78 Å². The third kappa shape index (κ3) is 2.74. The molecule has 0 bridgehead atoms. The van der Waals surface area contributed by atoms with Crippen molar-refractivity contribution in [3.63, 3.8) is 0 Å². The minimum Gasteiger partial charge on any atom is -0.381 e. The molecule has 1 saturated heterocycles. The number of hydrogen-bond acceptors (Lipinski definition) is 2. The molecule has 1 aliphatic rings. The van der Waals surface area contributed by atoms with Crippen LogP contribution in [0.15, 0.2) is 36.7 Å². The van der Waals surface area contributed by atoms with E-state index in [0.29, 0.717) is 11.8 Å². The quantitative estimate of drug-likeness (QED) is 0.839. The number of benzene rings is 1. The molecule has 0 aliphatic carbocycles. The normalized spacial score (nSPS) is 16.9. The molecule has 106 valence electrons. The first-order valence-corrected chi connectivity index (χ1v) is 7.50. The van der Waals surface area contributed by atoms with E-state index >= 15 is 0 Å². The van der Waals surface area contributed by atoms with Gasteiger partial charge in [0.2, 0.25) is 0 Å². The zero-order chi connectivity index (χ0) is 13.9. The van der Waals surface area contributed by atoms with Crippen LogP contribution in [0, 0.1) is 5.92 Å². The van der Waals surface area contributed by atoms with Gasteiger partial charge in [-0.2, -0.15) is 5.10 Å². The van der Waals surface area contributed by atoms with Crippen molar-refractivity contribution in [3.05, 3.63) is 52.8 Å². The van der Waals surface area contributed by atoms with Crippen molar-refractivity contribution in [2.75, 3.05) is 13.2 Å². The van der Waals surface area contributed by atoms with E-state index < -0.39 is 0 Å². The Morgan fingerprint density at radius 2 is 2.20 bits per heavy atom. The minimum atomic E-state index is 0.315. The molecule has 1 atom stereocenters. The zero-order valence-electron chi connectivity index (χ0n) is 11.6. The summed E-state index contributed by atoms with van der Waals surface area (Å²) in [6.45, 7) is 4.85. The molecule has 0 saturated carbocycles. The maximum Gasteiger partial charge on any atom is 0.0534 e. The molecule has 0 N–H and O–H groups in total. The SMILES string of the molecule is CC[C@@H](c1cnn(CC2COC2)c1)c1ccccc1Cl. The first-order valence-electron chi connectivity index (χ1n) is 7.12. The van der Waals surface area contributed by atoms with E-state index in [-0.39, 0.29) is 0 Å². The monoisotopic (exact) mass is 290 g/mol. The predicted molar refractivity (Wildman–Crippen MR) is 80.1 cm³/mol. The molecule has 0 amide bonds. The fourth-order valence-corrected chi connectivity index (χ4v) is 2.97. The average molecular weight is 291 g/mol. The molecule has 3 nitrogen and oxygen atoms in total. The summed E-state index contributed by atoms with van der Waals surface area (Å²) in [6.07, 6.45) is 5.13. The lowest BCUT2D eigenvalue weighted by Crippen LogP contribution is -2.31. The lowest BCUT2D eigenvalue weighted by molar-refractivity contribution is -0.0408. The van der Waals surface area contributed by atoms with Crippen LogP contribution in [0.25, 0.3) is 0 Å². The van der Waals surface area contributed by atoms with Gasteiger partial charge in [0.25, 0.3) is 0 Å². The van der Waals surface area contributed by atoms with Crippen LogP contribution in [-0.2, 0) is 11.3 Å². The largest absolute Gasteiger partial charge is 0.381 e. The molecular formula is C16H19ClN2O. The summed E-state index contributed by atoms with van der Waals surface area (Å²) in [4.78, 5) is 0. The van der Waals surface area contributed by atoms with E-state index in [1.165, 1.54) is 11.1 Å². The molecule has 2 heterocycles. The van der Waals surface area contributed by atoms with Crippen molar-refractivity contribution >= 4 is 11.6 Å². The number of rotatable bonds is 5. The van der Waals surface area contributed by atoms with Crippen LogP contribution in [-0.4, -0.2) is 23.0 Å². The summed E-state index contributed by atoms with van der Waals surface area (Å²) in [6, 6.07) is 8.07. The molecule has 3 rings (SSSR count). The van der Waals surface area contributed by atoms with E-state index in [2.05, 4.69) is 24.3 Å². The van der Waals surface area contributed by atoms with Gasteiger partial charge in [0.05, 0.1) is 19.4 Å². The maximum atomic E-state index is 6.33. The first kappa shape index (κ1) is 13.7. The third-order valence-electron chi connectivity index (χ3n) is 3.90. The summed E-state index contributed by atoms with van der Waals surface area (Å²) in [5.41, 5.74) is 2.42. The molecule has 0 radical (unpaired) electrons. The standard InChI is InChI=1S/C16H19ClN2O/c1-2-14(15-5-3-4-6-16(15)17)13-7-18-19(9-13)8-12-10-20-11-12/h3-7,9,12,14H,2,8,10-11H2,1H3/t14-/m0/s1. The van der Waals surface area contributed by atoms with Gasteiger partial charge in [-0.25, -0.2) is 0 Å². The summed E-state index contributed by atoms with van der Waals surface area (Å²) < 4.78 is 7.24. The molecule has 2 aromatic rings. The van der Waals surface area contributed by atoms with Crippen LogP contribution in [0.1, 0.15) is 30.4 Å². The molecule has 1 aromatic heterocycles. The lowest BCUT2D eigenvalue weighted by Gasteiger charge is -2.25. The number of halogens is 1. The molecule has 0 unspecified atom stereocenters. The predicted octanol–water partition coefficient (Wildman–Crippen LogP) is 3.72. The van der Waals surface area contributed by atoms with Gasteiger partial charge in [-0.1, -0.05) is 36.7 Å². The molecule has 1 fully saturated rings. The van der Waals surface area contributed by atoms with Crippen molar-refractivity contribution in [2.45, 2.75) is 25.8 Å². The van der Waals surface area contributed by atoms with Crippen molar-refractivity contribution in [2.24, 2.45) is 5.92 Å². The van der Waals surface area contributed by atoms with Crippen LogP contribution >= 0.6 is 11.6 Å². The van der Waals surface area contributed by atoms with Crippen LogP contribution in [0.2, 0.25) is 5.02 Å². The number of nitrogens with zero attached hydrogens (tertiary/aromatic N) is 2. The maximum absolute atomic E-state index is 6.33. The molecular weight excluding hydrogens is 272 g/mol. The Hall–Kier alpha value is -1.32. The Kier molecular flexibility index (Phi) is 4.08. The summed E-state index contributed by atoms with van der Waals surface area (Å²) in [5.74, 6) is 0.929. The Balaban J connectivity index is 1.80. The fraction of sp³-hybridized carbons (Fsp3) is 0.438. The topological polar surface area (TPSA) is 27.1 Å². The van der Waals surface area contributed by atoms with E-state index in [4.69, 9.17) is 16.3 Å². The molecule has 0 spiro atoms. The highest BCUT2D eigenvalue weighted by Gasteiger charge is 2.21. The van der Waals surface area contributed by atoms with Gasteiger partial charge in [0, 0.05) is 29.6 Å². The summed E-state index contributed by atoms with van der Waals surface area (Å²) >= 11 is 6.33. The zero-order valence-corrected chi connectivity index (χ0v) is 12.4. The van der Waals surface area contributed by atoms with E-state index in [0.717, 1.165) is 31.2 Å². The second-order valence-electron chi connectivity index (χ2n) is 5.38. The van der Waals surface area contributed by atoms with Crippen LogP contribution in [0.5, 0.6) is 0 Å². The fourth-order valence-electron chi connectivity index (χ4n) is 2.71. The van der Waals surface area contributed by atoms with Crippen molar-refractivity contribution in [3.8, 4) is 0 Å². The van der Waals surface area contributed by atoms with Crippen LogP contribution in [0.4, 0.5) is 0 Å². The summed E-state index contributed by atoms with van der Waals surface area (Å²) in [7, 11) is 0. The van der Waals surface area contributed by atoms with E-state index in [1.54, 1.807) is 0 Å². The first-order chi connectivity index (χ1) is 9.78. The minimum absolute atomic E-state index is 0.315. The number of ether oxygens (including phenoxy) is 1. The highest BCUT2D eigenvalue weighted by Crippen LogP contribution is 2.32. The van der Waals surface area contributed by atoms with Gasteiger partial charge >= 0.3 is 0 Å². The molecule has 4 heteroatoms. The Morgan fingerprint density at radius 1 is 1.40 bits per heavy atom. The molecule has 20 heavy (non-hydrogen) atoms. The molecule has 1 aliphatic heterocycles. The van der Waals surface area contributed by atoms with Gasteiger partial charge in [-0.15, -0.1) is 0 Å². The molecule has 1 aromatic carbocycles. The Morgan fingerprint density at radius 3 is 2.85 bits per heavy atom. The van der Waals surface area contributed by atoms with E-state index in [1.807, 2.05) is 29.1 Å².